The zero-order valence-electron chi connectivity index (χ0n) is 37.2. The van der Waals surface area contributed by atoms with Crippen molar-refractivity contribution in [2.75, 3.05) is 6.54 Å². The van der Waals surface area contributed by atoms with Crippen LogP contribution in [-0.2, 0) is 25.7 Å². The van der Waals surface area contributed by atoms with Gasteiger partial charge in [0.2, 0.25) is 23.6 Å². The number of ether oxygens (including phenoxy) is 2. The largest absolute Gasteiger partial charge is 0.586 e. The van der Waals surface area contributed by atoms with E-state index in [0.717, 1.165) is 32.6 Å². The van der Waals surface area contributed by atoms with E-state index in [9.17, 15) is 38.2 Å². The summed E-state index contributed by atoms with van der Waals surface area (Å²) >= 11 is 1.56. The highest BCUT2D eigenvalue weighted by Gasteiger charge is 2.57. The van der Waals surface area contributed by atoms with Gasteiger partial charge in [0.05, 0.1) is 28.2 Å². The van der Waals surface area contributed by atoms with E-state index < -0.39 is 53.7 Å². The molecule has 2 aromatic heterocycles. The summed E-state index contributed by atoms with van der Waals surface area (Å²) in [6.07, 6.45) is -1.08. The first kappa shape index (κ1) is 45.0. The minimum absolute atomic E-state index is 0.0410. The molecular formula is C49H52F2N6O8S. The number of thiazole rings is 1. The van der Waals surface area contributed by atoms with E-state index in [1.54, 1.807) is 35.2 Å². The molecule has 4 heterocycles. The number of likely N-dealkylation sites (tertiary alicyclic amines) is 1. The van der Waals surface area contributed by atoms with Crippen LogP contribution in [0.4, 0.5) is 8.78 Å². The molecular weight excluding hydrogens is 871 g/mol. The van der Waals surface area contributed by atoms with Gasteiger partial charge in [0.15, 0.2) is 11.5 Å². The molecule has 14 nitrogen and oxygen atoms in total. The molecule has 9 rings (SSSR count). The zero-order valence-corrected chi connectivity index (χ0v) is 38.0. The number of aliphatic hydroxyl groups is 1. The van der Waals surface area contributed by atoms with E-state index in [-0.39, 0.29) is 59.9 Å². The topological polar surface area (TPSA) is 192 Å². The number of β-amino-alcohol motifs (C(OH)–C–C–N with tert-alkyl or cyclic N) is 1. The number of nitrogens with zero attached hydrogens (tertiary/aromatic N) is 3. The first-order valence-electron chi connectivity index (χ1n) is 22.1. The van der Waals surface area contributed by atoms with Crippen LogP contribution in [0.3, 0.4) is 0 Å². The number of aliphatic hydroxyl groups excluding tert-OH is 1. The third kappa shape index (κ3) is 8.65. The summed E-state index contributed by atoms with van der Waals surface area (Å²) in [6, 6.07) is 14.5. The van der Waals surface area contributed by atoms with Crippen LogP contribution in [0.2, 0.25) is 0 Å². The van der Waals surface area contributed by atoms with Gasteiger partial charge >= 0.3 is 6.29 Å². The van der Waals surface area contributed by atoms with Crippen LogP contribution in [0.25, 0.3) is 21.3 Å². The normalized spacial score (nSPS) is 23.7. The molecule has 0 bridgehead atoms. The van der Waals surface area contributed by atoms with Crippen molar-refractivity contribution in [3.8, 4) is 27.7 Å². The molecule has 1 spiro atoms. The minimum Gasteiger partial charge on any atom is -0.505 e. The monoisotopic (exact) mass is 922 g/mol. The maximum Gasteiger partial charge on any atom is 0.586 e. The zero-order chi connectivity index (χ0) is 46.9. The number of hydrogen-bond donors (Lipinski definition) is 5. The van der Waals surface area contributed by atoms with Gasteiger partial charge in [-0.3, -0.25) is 24.2 Å². The summed E-state index contributed by atoms with van der Waals surface area (Å²) in [7, 11) is 0. The number of alkyl halides is 2. The fraction of sp³-hybridized carbons (Fsp3) is 0.429. The molecule has 0 radical (unpaired) electrons. The van der Waals surface area contributed by atoms with Gasteiger partial charge in [0, 0.05) is 48.5 Å². The Balaban J connectivity index is 0.824. The van der Waals surface area contributed by atoms with E-state index in [2.05, 4.69) is 30.7 Å². The number of amides is 4. The second kappa shape index (κ2) is 16.9. The number of hydrogen-bond acceptors (Lipinski definition) is 11. The fourth-order valence-corrected chi connectivity index (χ4v) is 10.9. The van der Waals surface area contributed by atoms with Crippen LogP contribution in [0.5, 0.6) is 17.2 Å². The van der Waals surface area contributed by atoms with Crippen molar-refractivity contribution in [2.24, 2.45) is 22.7 Å². The molecule has 346 valence electrons. The number of aromatic hydroxyl groups is 1. The van der Waals surface area contributed by atoms with E-state index in [0.29, 0.717) is 42.3 Å². The minimum atomic E-state index is -3.84. The van der Waals surface area contributed by atoms with Gasteiger partial charge in [-0.1, -0.05) is 57.2 Å². The predicted octanol–water partition coefficient (Wildman–Crippen LogP) is 6.82. The number of phenolic OH excluding ortho intramolecular Hbond substituents is 1. The third-order valence-corrected chi connectivity index (χ3v) is 14.6. The number of carbonyl (C=O) groups excluding carboxylic acids is 4. The Morgan fingerprint density at radius 3 is 2.26 bits per heavy atom. The van der Waals surface area contributed by atoms with Crippen LogP contribution in [-0.4, -0.2) is 79.7 Å². The Labute approximate surface area is 384 Å². The molecule has 3 aromatic carbocycles. The Morgan fingerprint density at radius 2 is 1.59 bits per heavy atom. The first-order valence-corrected chi connectivity index (χ1v) is 23.0. The molecule has 4 atom stereocenters. The maximum absolute atomic E-state index is 14.3. The van der Waals surface area contributed by atoms with Gasteiger partial charge in [-0.05, 0) is 96.9 Å². The number of halogens is 2. The van der Waals surface area contributed by atoms with Crippen molar-refractivity contribution >= 4 is 45.9 Å². The highest BCUT2D eigenvalue weighted by atomic mass is 32.1. The number of aryl methyl sites for hydroxylation is 2. The molecule has 1 saturated heterocycles. The van der Waals surface area contributed by atoms with Gasteiger partial charge in [-0.15, -0.1) is 20.1 Å². The Hall–Kier alpha value is -6.20. The lowest BCUT2D eigenvalue weighted by Gasteiger charge is -2.57. The van der Waals surface area contributed by atoms with Gasteiger partial charge in [-0.25, -0.2) is 4.98 Å². The number of aromatic nitrogens is 2. The number of benzene rings is 3. The van der Waals surface area contributed by atoms with Gasteiger partial charge < -0.3 is 40.5 Å². The van der Waals surface area contributed by atoms with Crippen molar-refractivity contribution in [1.29, 1.82) is 0 Å². The van der Waals surface area contributed by atoms with Crippen LogP contribution in [0.1, 0.15) is 86.9 Å². The summed E-state index contributed by atoms with van der Waals surface area (Å²) in [5.74, 6) is -2.76. The molecule has 17 heteroatoms. The molecule has 5 N–H and O–H groups in total. The van der Waals surface area contributed by atoms with E-state index >= 15 is 0 Å². The lowest BCUT2D eigenvalue weighted by atomic mass is 9.48. The Kier molecular flexibility index (Phi) is 11.5. The van der Waals surface area contributed by atoms with Gasteiger partial charge in [0.25, 0.3) is 0 Å². The number of carbonyl (C=O) groups is 4. The van der Waals surface area contributed by atoms with Crippen LogP contribution in [0.15, 0.2) is 72.4 Å². The van der Waals surface area contributed by atoms with Gasteiger partial charge in [0.1, 0.15) is 23.3 Å². The molecule has 4 amide bonds. The standard InChI is InChI=1S/C49H52F2N6O8S/c1-25-15-34(40(59)39-33(25)7-6-14-52-39)38(29-12-13-36-37(16-29)65-49(50,51)64-36)55-43(60)30-18-48(19-30)20-31(21-48)44(61)56-42(47(3,4)5)46(63)57-23-32(58)17-35(57)45(62)53-22-27-8-10-28(11-9-27)41-26(2)54-24-66-41/h6-16,24,30-32,35,38,42,58-59H,17-23H2,1-5H3,(H,53,62)(H,55,60)(H,56,61)/t30?,31?,32-,35+,38?,42-,48?/m0/s1. The first-order chi connectivity index (χ1) is 31.3. The number of rotatable bonds is 11. The van der Waals surface area contributed by atoms with Crippen molar-refractivity contribution in [3.05, 3.63) is 100 Å². The summed E-state index contributed by atoms with van der Waals surface area (Å²) in [6.45, 7) is 9.52. The van der Waals surface area contributed by atoms with Crippen molar-refractivity contribution in [2.45, 2.75) is 104 Å². The van der Waals surface area contributed by atoms with Crippen molar-refractivity contribution < 1.29 is 47.6 Å². The molecule has 66 heavy (non-hydrogen) atoms. The molecule has 1 unspecified atom stereocenters. The summed E-state index contributed by atoms with van der Waals surface area (Å²) in [5, 5.41) is 31.9. The van der Waals surface area contributed by atoms with Gasteiger partial charge in [-0.2, -0.15) is 0 Å². The number of fused-ring (bicyclic) bond motifs is 2. The molecule has 3 fully saturated rings. The number of phenols is 1. The molecule has 2 aliphatic carbocycles. The summed E-state index contributed by atoms with van der Waals surface area (Å²) < 4.78 is 37.3. The molecule has 5 aromatic rings. The molecule has 4 aliphatic rings. The molecule has 2 aliphatic heterocycles. The quantitative estimate of drug-likeness (QED) is 0.0939. The number of pyridine rings is 1. The smallest absolute Gasteiger partial charge is 0.505 e. The lowest BCUT2D eigenvalue weighted by molar-refractivity contribution is -0.286. The van der Waals surface area contributed by atoms with Crippen molar-refractivity contribution in [1.82, 2.24) is 30.8 Å². The summed E-state index contributed by atoms with van der Waals surface area (Å²) in [5.41, 5.74) is 5.50. The maximum atomic E-state index is 14.3. The van der Waals surface area contributed by atoms with Crippen LogP contribution in [0, 0.1) is 36.5 Å². The van der Waals surface area contributed by atoms with E-state index in [1.807, 2.05) is 65.0 Å². The summed E-state index contributed by atoms with van der Waals surface area (Å²) in [4.78, 5) is 66.8. The second-order valence-electron chi connectivity index (χ2n) is 19.4. The number of nitrogens with one attached hydrogen (secondary N) is 3. The van der Waals surface area contributed by atoms with E-state index in [1.165, 1.54) is 23.1 Å². The SMILES string of the molecule is Cc1ncsc1-c1ccc(CNC(=O)[C@H]2C[C@H](O)CN2C(=O)[C@H](NC(=O)C2CC3(CC(C(=O)NC(c4ccc5c(c4)OC(F)(F)O5)c4cc(C)c5cccnc5c4O)C3)C2)C(C)(C)C)cc1. The van der Waals surface area contributed by atoms with Crippen molar-refractivity contribution in [3.63, 3.8) is 0 Å². The Morgan fingerprint density at radius 1 is 0.909 bits per heavy atom. The Bertz CT molecular complexity index is 2730. The predicted molar refractivity (Wildman–Crippen MR) is 240 cm³/mol. The second-order valence-corrected chi connectivity index (χ2v) is 20.3. The van der Waals surface area contributed by atoms with E-state index in [4.69, 9.17) is 4.74 Å². The lowest BCUT2D eigenvalue weighted by Crippen LogP contribution is -2.61. The fourth-order valence-electron chi connectivity index (χ4n) is 10.1. The third-order valence-electron chi connectivity index (χ3n) is 13.6. The van der Waals surface area contributed by atoms with Crippen LogP contribution < -0.4 is 25.4 Å². The highest BCUT2D eigenvalue weighted by molar-refractivity contribution is 7.13. The highest BCUT2D eigenvalue weighted by Crippen LogP contribution is 2.61. The average molecular weight is 923 g/mol. The van der Waals surface area contributed by atoms with Crippen LogP contribution >= 0.6 is 11.3 Å². The average Bonchev–Trinajstić information content (AvgIpc) is 3.95. The molecule has 2 saturated carbocycles.